The third kappa shape index (κ3) is 3.99. The van der Waals surface area contributed by atoms with E-state index in [0.29, 0.717) is 18.0 Å². The normalized spacial score (nSPS) is 17.5. The third-order valence-corrected chi connectivity index (χ3v) is 4.82. The second-order valence-electron chi connectivity index (χ2n) is 6.49. The van der Waals surface area contributed by atoms with E-state index < -0.39 is 11.9 Å². The lowest BCUT2D eigenvalue weighted by Gasteiger charge is -2.29. The summed E-state index contributed by atoms with van der Waals surface area (Å²) in [5.74, 6) is 0.840. The molecule has 6 heteroatoms. The number of benzene rings is 2. The minimum Gasteiger partial charge on any atom is -0.497 e. The number of para-hydroxylation sites is 1. The van der Waals surface area contributed by atoms with E-state index in [-0.39, 0.29) is 17.7 Å². The highest BCUT2D eigenvalue weighted by Crippen LogP contribution is 2.39. The maximum atomic E-state index is 13.8. The Morgan fingerprint density at radius 2 is 1.93 bits per heavy atom. The topological polar surface area (TPSA) is 48.0 Å². The molecule has 2 aromatic rings. The second kappa shape index (κ2) is 8.29. The predicted octanol–water partition coefficient (Wildman–Crippen LogP) is 3.97. The van der Waals surface area contributed by atoms with Gasteiger partial charge in [-0.2, -0.15) is 0 Å². The average Bonchev–Trinajstić information content (AvgIpc) is 3.18. The molecule has 5 nitrogen and oxygen atoms in total. The standard InChI is InChI=1S/C21H24FNO4/c1-14(27-20-9-5-4-7-17(20)22)21(24)23-12-6-8-18(23)16-13-15(25-2)10-11-19(16)26-3/h4-5,7,9-11,13-14,18H,6,8,12H2,1-3H3/t14-,18+/m0/s1. The summed E-state index contributed by atoms with van der Waals surface area (Å²) in [5.41, 5.74) is 0.904. The lowest BCUT2D eigenvalue weighted by Crippen LogP contribution is -2.40. The first-order chi connectivity index (χ1) is 13.0. The van der Waals surface area contributed by atoms with Crippen LogP contribution < -0.4 is 14.2 Å². The Labute approximate surface area is 158 Å². The van der Waals surface area contributed by atoms with Crippen LogP contribution in [-0.4, -0.2) is 37.7 Å². The van der Waals surface area contributed by atoms with Crippen molar-refractivity contribution in [2.45, 2.75) is 31.9 Å². The van der Waals surface area contributed by atoms with Crippen molar-refractivity contribution < 1.29 is 23.4 Å². The molecular formula is C21H24FNO4. The number of hydrogen-bond acceptors (Lipinski definition) is 4. The van der Waals surface area contributed by atoms with Crippen molar-refractivity contribution in [2.75, 3.05) is 20.8 Å². The van der Waals surface area contributed by atoms with Crippen molar-refractivity contribution in [2.24, 2.45) is 0 Å². The largest absolute Gasteiger partial charge is 0.497 e. The molecule has 1 aliphatic heterocycles. The molecule has 0 aromatic heterocycles. The summed E-state index contributed by atoms with van der Waals surface area (Å²) in [6, 6.07) is 11.5. The lowest BCUT2D eigenvalue weighted by atomic mass is 10.0. The molecule has 0 N–H and O–H groups in total. The molecule has 27 heavy (non-hydrogen) atoms. The number of amides is 1. The molecule has 1 aliphatic rings. The molecule has 2 aromatic carbocycles. The van der Waals surface area contributed by atoms with E-state index in [4.69, 9.17) is 14.2 Å². The Hall–Kier alpha value is -2.76. The zero-order chi connectivity index (χ0) is 19.4. The van der Waals surface area contributed by atoms with Crippen LogP contribution in [0.25, 0.3) is 0 Å². The minimum absolute atomic E-state index is 0.0769. The van der Waals surface area contributed by atoms with Crippen molar-refractivity contribution in [3.8, 4) is 17.2 Å². The van der Waals surface area contributed by atoms with Gasteiger partial charge in [0, 0.05) is 12.1 Å². The Bertz CT molecular complexity index is 811. The molecule has 1 saturated heterocycles. The SMILES string of the molecule is COc1ccc(OC)c([C@H]2CCCN2C(=O)[C@H](C)Oc2ccccc2F)c1. The summed E-state index contributed by atoms with van der Waals surface area (Å²) in [6.45, 7) is 2.27. The van der Waals surface area contributed by atoms with Gasteiger partial charge in [0.15, 0.2) is 17.7 Å². The molecule has 1 amide bonds. The van der Waals surface area contributed by atoms with E-state index in [9.17, 15) is 9.18 Å². The van der Waals surface area contributed by atoms with Crippen LogP contribution in [0.1, 0.15) is 31.4 Å². The van der Waals surface area contributed by atoms with E-state index in [0.717, 1.165) is 18.4 Å². The fourth-order valence-electron chi connectivity index (χ4n) is 3.47. The molecule has 1 fully saturated rings. The minimum atomic E-state index is -0.792. The number of hydrogen-bond donors (Lipinski definition) is 0. The second-order valence-corrected chi connectivity index (χ2v) is 6.49. The van der Waals surface area contributed by atoms with Crippen LogP contribution >= 0.6 is 0 Å². The summed E-state index contributed by atoms with van der Waals surface area (Å²) in [7, 11) is 3.21. The number of ether oxygens (including phenoxy) is 3. The smallest absolute Gasteiger partial charge is 0.263 e. The van der Waals surface area contributed by atoms with E-state index >= 15 is 0 Å². The van der Waals surface area contributed by atoms with E-state index in [1.54, 1.807) is 38.2 Å². The number of likely N-dealkylation sites (tertiary alicyclic amines) is 1. The molecule has 0 saturated carbocycles. The quantitative estimate of drug-likeness (QED) is 0.769. The molecule has 0 unspecified atom stereocenters. The molecule has 144 valence electrons. The Balaban J connectivity index is 1.81. The van der Waals surface area contributed by atoms with Gasteiger partial charge in [0.05, 0.1) is 20.3 Å². The van der Waals surface area contributed by atoms with Crippen LogP contribution in [0.4, 0.5) is 4.39 Å². The number of nitrogens with zero attached hydrogens (tertiary/aromatic N) is 1. The molecule has 0 spiro atoms. The number of rotatable bonds is 6. The average molecular weight is 373 g/mol. The first kappa shape index (κ1) is 19.0. The van der Waals surface area contributed by atoms with Crippen LogP contribution in [0.5, 0.6) is 17.2 Å². The molecule has 0 aliphatic carbocycles. The van der Waals surface area contributed by atoms with Gasteiger partial charge in [-0.15, -0.1) is 0 Å². The van der Waals surface area contributed by atoms with Crippen LogP contribution in [0.2, 0.25) is 0 Å². The molecule has 0 radical (unpaired) electrons. The lowest BCUT2D eigenvalue weighted by molar-refractivity contribution is -0.139. The van der Waals surface area contributed by atoms with Crippen molar-refractivity contribution >= 4 is 5.91 Å². The molecular weight excluding hydrogens is 349 g/mol. The number of carbonyl (C=O) groups excluding carboxylic acids is 1. The highest BCUT2D eigenvalue weighted by atomic mass is 19.1. The fourth-order valence-corrected chi connectivity index (χ4v) is 3.47. The molecule has 2 atom stereocenters. The third-order valence-electron chi connectivity index (χ3n) is 4.82. The van der Waals surface area contributed by atoms with Crippen LogP contribution in [0, 0.1) is 5.82 Å². The predicted molar refractivity (Wildman–Crippen MR) is 99.7 cm³/mol. The zero-order valence-electron chi connectivity index (χ0n) is 15.8. The van der Waals surface area contributed by atoms with Crippen LogP contribution in [-0.2, 0) is 4.79 Å². The monoisotopic (exact) mass is 373 g/mol. The van der Waals surface area contributed by atoms with Gasteiger partial charge in [0.2, 0.25) is 0 Å². The first-order valence-electron chi connectivity index (χ1n) is 8.98. The molecule has 1 heterocycles. The van der Waals surface area contributed by atoms with E-state index in [1.165, 1.54) is 12.1 Å². The highest BCUT2D eigenvalue weighted by Gasteiger charge is 2.35. The van der Waals surface area contributed by atoms with Gasteiger partial charge < -0.3 is 19.1 Å². The van der Waals surface area contributed by atoms with Gasteiger partial charge in [-0.1, -0.05) is 12.1 Å². The van der Waals surface area contributed by atoms with Crippen LogP contribution in [0.15, 0.2) is 42.5 Å². The maximum Gasteiger partial charge on any atom is 0.263 e. The van der Waals surface area contributed by atoms with E-state index in [2.05, 4.69) is 0 Å². The maximum absolute atomic E-state index is 13.8. The highest BCUT2D eigenvalue weighted by molar-refractivity contribution is 5.81. The summed E-state index contributed by atoms with van der Waals surface area (Å²) < 4.78 is 30.2. The van der Waals surface area contributed by atoms with Crippen molar-refractivity contribution in [3.05, 3.63) is 53.8 Å². The van der Waals surface area contributed by atoms with Crippen molar-refractivity contribution in [1.82, 2.24) is 4.90 Å². The Morgan fingerprint density at radius 3 is 2.63 bits per heavy atom. The first-order valence-corrected chi connectivity index (χ1v) is 8.98. The Kier molecular flexibility index (Phi) is 5.84. The summed E-state index contributed by atoms with van der Waals surface area (Å²) >= 11 is 0. The Morgan fingerprint density at radius 1 is 1.15 bits per heavy atom. The zero-order valence-corrected chi connectivity index (χ0v) is 15.8. The number of halogens is 1. The van der Waals surface area contributed by atoms with Gasteiger partial charge >= 0.3 is 0 Å². The van der Waals surface area contributed by atoms with Gasteiger partial charge in [-0.3, -0.25) is 4.79 Å². The number of methoxy groups -OCH3 is 2. The number of carbonyl (C=O) groups is 1. The fraction of sp³-hybridized carbons (Fsp3) is 0.381. The summed E-state index contributed by atoms with van der Waals surface area (Å²) in [6.07, 6.45) is 0.907. The van der Waals surface area contributed by atoms with Crippen molar-refractivity contribution in [1.29, 1.82) is 0 Å². The van der Waals surface area contributed by atoms with Gasteiger partial charge in [-0.25, -0.2) is 4.39 Å². The molecule has 3 rings (SSSR count). The van der Waals surface area contributed by atoms with E-state index in [1.807, 2.05) is 18.2 Å². The van der Waals surface area contributed by atoms with Crippen LogP contribution in [0.3, 0.4) is 0 Å². The van der Waals surface area contributed by atoms with Gasteiger partial charge in [0.25, 0.3) is 5.91 Å². The van der Waals surface area contributed by atoms with Gasteiger partial charge in [-0.05, 0) is 50.1 Å². The summed E-state index contributed by atoms with van der Waals surface area (Å²) in [5, 5.41) is 0. The van der Waals surface area contributed by atoms with Gasteiger partial charge in [0.1, 0.15) is 11.5 Å². The molecule has 0 bridgehead atoms. The van der Waals surface area contributed by atoms with Crippen molar-refractivity contribution in [3.63, 3.8) is 0 Å². The summed E-state index contributed by atoms with van der Waals surface area (Å²) in [4.78, 5) is 14.8.